The molecule has 0 bridgehead atoms. The van der Waals surface area contributed by atoms with Crippen LogP contribution in [0.2, 0.25) is 0 Å². The first-order valence-electron chi connectivity index (χ1n) is 8.99. The number of carbonyl (C=O) groups excluding carboxylic acids is 2. The van der Waals surface area contributed by atoms with Crippen LogP contribution in [0.1, 0.15) is 39.1 Å². The number of sulfone groups is 1. The van der Waals surface area contributed by atoms with Gasteiger partial charge in [-0.25, -0.2) is 8.42 Å². The van der Waals surface area contributed by atoms with Gasteiger partial charge in [0.2, 0.25) is 0 Å². The number of hydrogen-bond acceptors (Lipinski definition) is 4. The van der Waals surface area contributed by atoms with Crippen molar-refractivity contribution in [1.29, 1.82) is 0 Å². The quantitative estimate of drug-likeness (QED) is 0.742. The van der Waals surface area contributed by atoms with E-state index in [1.165, 1.54) is 6.26 Å². The van der Waals surface area contributed by atoms with Crippen molar-refractivity contribution in [3.05, 3.63) is 71.3 Å². The number of hydrogen-bond donors (Lipinski definition) is 0. The lowest BCUT2D eigenvalue weighted by molar-refractivity contribution is 0.0650. The lowest BCUT2D eigenvalue weighted by Crippen LogP contribution is -2.40. The van der Waals surface area contributed by atoms with Crippen molar-refractivity contribution < 1.29 is 18.0 Å². The SMILES string of the molecule is CS(=O)(=O)Cc1ccc(C(=O)N2CCC(C(=O)c3ccccc3)CC2)cc1. The van der Waals surface area contributed by atoms with Gasteiger partial charge in [-0.3, -0.25) is 9.59 Å². The van der Waals surface area contributed by atoms with E-state index in [1.807, 2.05) is 30.3 Å². The number of ketones is 1. The fraction of sp³-hybridized carbons (Fsp3) is 0.333. The van der Waals surface area contributed by atoms with Crippen molar-refractivity contribution in [2.24, 2.45) is 5.92 Å². The molecular formula is C21H23NO4S. The lowest BCUT2D eigenvalue weighted by Gasteiger charge is -2.31. The Kier molecular flexibility index (Phi) is 5.75. The molecule has 0 saturated carbocycles. The van der Waals surface area contributed by atoms with Crippen LogP contribution >= 0.6 is 0 Å². The molecule has 1 aliphatic rings. The first-order chi connectivity index (χ1) is 12.8. The average molecular weight is 385 g/mol. The molecule has 1 aliphatic heterocycles. The Morgan fingerprint density at radius 1 is 0.926 bits per heavy atom. The van der Waals surface area contributed by atoms with Gasteiger partial charge in [0.05, 0.1) is 5.75 Å². The topological polar surface area (TPSA) is 71.5 Å². The van der Waals surface area contributed by atoms with Gasteiger partial charge in [0.1, 0.15) is 0 Å². The molecule has 0 spiro atoms. The van der Waals surface area contributed by atoms with E-state index in [2.05, 4.69) is 0 Å². The zero-order valence-corrected chi connectivity index (χ0v) is 16.1. The van der Waals surface area contributed by atoms with E-state index < -0.39 is 9.84 Å². The van der Waals surface area contributed by atoms with Gasteiger partial charge in [-0.15, -0.1) is 0 Å². The molecule has 6 heteroatoms. The second-order valence-electron chi connectivity index (χ2n) is 7.06. The molecule has 142 valence electrons. The number of rotatable bonds is 5. The summed E-state index contributed by atoms with van der Waals surface area (Å²) in [5.74, 6) is -0.0120. The molecule has 0 aromatic heterocycles. The van der Waals surface area contributed by atoms with E-state index in [1.54, 1.807) is 29.2 Å². The number of amides is 1. The van der Waals surface area contributed by atoms with Crippen LogP contribution in [0, 0.1) is 5.92 Å². The smallest absolute Gasteiger partial charge is 0.253 e. The molecule has 27 heavy (non-hydrogen) atoms. The maximum Gasteiger partial charge on any atom is 0.253 e. The van der Waals surface area contributed by atoms with Crippen LogP contribution in [0.15, 0.2) is 54.6 Å². The minimum absolute atomic E-state index is 0.0333. The summed E-state index contributed by atoms with van der Waals surface area (Å²) in [6, 6.07) is 16.0. The number of piperidine rings is 1. The number of nitrogens with zero attached hydrogens (tertiary/aromatic N) is 1. The van der Waals surface area contributed by atoms with Crippen molar-refractivity contribution in [3.8, 4) is 0 Å². The first kappa shape index (κ1) is 19.3. The number of benzene rings is 2. The molecule has 2 aromatic carbocycles. The van der Waals surface area contributed by atoms with Gasteiger partial charge in [0.15, 0.2) is 15.6 Å². The molecule has 2 aromatic rings. The van der Waals surface area contributed by atoms with Crippen molar-refractivity contribution in [1.82, 2.24) is 4.90 Å². The molecule has 0 N–H and O–H groups in total. The standard InChI is InChI=1S/C21H23NO4S/c1-27(25,26)15-16-7-9-19(10-8-16)21(24)22-13-11-18(12-14-22)20(23)17-5-3-2-4-6-17/h2-10,18H,11-15H2,1H3. The van der Waals surface area contributed by atoms with E-state index in [-0.39, 0.29) is 23.4 Å². The molecule has 5 nitrogen and oxygen atoms in total. The third-order valence-electron chi connectivity index (χ3n) is 4.84. The number of likely N-dealkylation sites (tertiary alicyclic amines) is 1. The molecule has 1 heterocycles. The maximum absolute atomic E-state index is 12.7. The van der Waals surface area contributed by atoms with Gasteiger partial charge in [0.25, 0.3) is 5.91 Å². The van der Waals surface area contributed by atoms with Gasteiger partial charge >= 0.3 is 0 Å². The Hall–Kier alpha value is -2.47. The Morgan fingerprint density at radius 2 is 1.52 bits per heavy atom. The fourth-order valence-electron chi connectivity index (χ4n) is 3.41. The zero-order chi connectivity index (χ0) is 19.4. The fourth-order valence-corrected chi connectivity index (χ4v) is 4.21. The summed E-state index contributed by atoms with van der Waals surface area (Å²) in [6.45, 7) is 1.10. The lowest BCUT2D eigenvalue weighted by atomic mass is 9.88. The minimum Gasteiger partial charge on any atom is -0.339 e. The van der Waals surface area contributed by atoms with Crippen LogP contribution in [0.25, 0.3) is 0 Å². The van der Waals surface area contributed by atoms with Crippen molar-refractivity contribution in [2.45, 2.75) is 18.6 Å². The highest BCUT2D eigenvalue weighted by molar-refractivity contribution is 7.89. The summed E-state index contributed by atoms with van der Waals surface area (Å²) in [5, 5.41) is 0. The van der Waals surface area contributed by atoms with Gasteiger partial charge in [0, 0.05) is 36.4 Å². The van der Waals surface area contributed by atoms with Crippen LogP contribution < -0.4 is 0 Å². The Bertz CT molecular complexity index is 912. The van der Waals surface area contributed by atoms with Crippen molar-refractivity contribution in [2.75, 3.05) is 19.3 Å². The largest absolute Gasteiger partial charge is 0.339 e. The van der Waals surface area contributed by atoms with Crippen LogP contribution in [-0.2, 0) is 15.6 Å². The zero-order valence-electron chi connectivity index (χ0n) is 15.3. The van der Waals surface area contributed by atoms with Crippen LogP contribution in [0.4, 0.5) is 0 Å². The summed E-state index contributed by atoms with van der Waals surface area (Å²) >= 11 is 0. The third-order valence-corrected chi connectivity index (χ3v) is 5.70. The van der Waals surface area contributed by atoms with Crippen molar-refractivity contribution in [3.63, 3.8) is 0 Å². The molecule has 0 unspecified atom stereocenters. The summed E-state index contributed by atoms with van der Waals surface area (Å²) in [4.78, 5) is 27.0. The summed E-state index contributed by atoms with van der Waals surface area (Å²) < 4.78 is 22.7. The molecule has 1 amide bonds. The average Bonchev–Trinajstić information content (AvgIpc) is 2.67. The van der Waals surface area contributed by atoms with Gasteiger partial charge in [-0.1, -0.05) is 42.5 Å². The van der Waals surface area contributed by atoms with Crippen LogP contribution in [0.3, 0.4) is 0 Å². The third kappa shape index (κ3) is 5.04. The van der Waals surface area contributed by atoms with Crippen LogP contribution in [0.5, 0.6) is 0 Å². The second-order valence-corrected chi connectivity index (χ2v) is 9.20. The monoisotopic (exact) mass is 385 g/mol. The van der Waals surface area contributed by atoms with E-state index in [9.17, 15) is 18.0 Å². The Balaban J connectivity index is 1.59. The predicted molar refractivity (Wildman–Crippen MR) is 104 cm³/mol. The molecule has 0 radical (unpaired) electrons. The first-order valence-corrected chi connectivity index (χ1v) is 11.0. The van der Waals surface area contributed by atoms with Crippen LogP contribution in [-0.4, -0.2) is 44.4 Å². The predicted octanol–water partition coefficient (Wildman–Crippen LogP) is 2.97. The molecule has 1 saturated heterocycles. The van der Waals surface area contributed by atoms with E-state index >= 15 is 0 Å². The van der Waals surface area contributed by atoms with Crippen molar-refractivity contribution >= 4 is 21.5 Å². The highest BCUT2D eigenvalue weighted by Gasteiger charge is 2.28. The van der Waals surface area contributed by atoms with E-state index in [4.69, 9.17) is 0 Å². The molecule has 0 atom stereocenters. The van der Waals surface area contributed by atoms with E-state index in [0.29, 0.717) is 37.1 Å². The molecule has 1 fully saturated rings. The Morgan fingerprint density at radius 3 is 2.07 bits per heavy atom. The van der Waals surface area contributed by atoms with Gasteiger partial charge < -0.3 is 4.90 Å². The maximum atomic E-state index is 12.7. The van der Waals surface area contributed by atoms with E-state index in [0.717, 1.165) is 5.56 Å². The summed E-state index contributed by atoms with van der Waals surface area (Å²) in [6.07, 6.45) is 2.50. The minimum atomic E-state index is -3.10. The number of Topliss-reactive ketones (excluding diaryl/α,β-unsaturated/α-hetero) is 1. The Labute approximate surface area is 159 Å². The number of carbonyl (C=O) groups is 2. The second kappa shape index (κ2) is 8.05. The normalized spacial score (nSPS) is 15.5. The summed E-state index contributed by atoms with van der Waals surface area (Å²) in [7, 11) is -3.10. The molecule has 3 rings (SSSR count). The highest BCUT2D eigenvalue weighted by atomic mass is 32.2. The molecule has 0 aliphatic carbocycles. The molecular weight excluding hydrogens is 362 g/mol. The van der Waals surface area contributed by atoms with Gasteiger partial charge in [-0.05, 0) is 30.5 Å². The summed E-state index contributed by atoms with van der Waals surface area (Å²) in [5.41, 5.74) is 1.94. The van der Waals surface area contributed by atoms with Gasteiger partial charge in [-0.2, -0.15) is 0 Å². The highest BCUT2D eigenvalue weighted by Crippen LogP contribution is 2.23.